The van der Waals surface area contributed by atoms with Crippen LogP contribution in [0.3, 0.4) is 0 Å². The molecule has 2 rings (SSSR count). The van der Waals surface area contributed by atoms with Gasteiger partial charge in [-0.3, -0.25) is 9.79 Å². The average molecular weight is 510 g/mol. The predicted molar refractivity (Wildman–Crippen MR) is 134 cm³/mol. The van der Waals surface area contributed by atoms with Crippen LogP contribution in [0.25, 0.3) is 0 Å². The van der Waals surface area contributed by atoms with Gasteiger partial charge in [-0.1, -0.05) is 51.1 Å². The third kappa shape index (κ3) is 9.02. The first kappa shape index (κ1) is 25.2. The van der Waals surface area contributed by atoms with E-state index in [1.165, 1.54) is 11.1 Å². The highest BCUT2D eigenvalue weighted by molar-refractivity contribution is 14.0. The van der Waals surface area contributed by atoms with E-state index in [1.807, 2.05) is 12.3 Å². The highest BCUT2D eigenvalue weighted by atomic mass is 127. The lowest BCUT2D eigenvalue weighted by Crippen LogP contribution is -2.38. The van der Waals surface area contributed by atoms with E-state index in [0.717, 1.165) is 44.9 Å². The van der Waals surface area contributed by atoms with Crippen LogP contribution < -0.4 is 16.2 Å². The summed E-state index contributed by atoms with van der Waals surface area (Å²) < 4.78 is 1.75. The number of unbranched alkanes of at least 4 members (excludes halogenated alkanes) is 1. The van der Waals surface area contributed by atoms with Gasteiger partial charge in [0.1, 0.15) is 0 Å². The summed E-state index contributed by atoms with van der Waals surface area (Å²) >= 11 is 0. The summed E-state index contributed by atoms with van der Waals surface area (Å²) in [5.41, 5.74) is 2.93. The summed E-state index contributed by atoms with van der Waals surface area (Å²) in [4.78, 5) is 15.9. The normalized spacial score (nSPS) is 11.7. The van der Waals surface area contributed by atoms with Gasteiger partial charge in [-0.2, -0.15) is 0 Å². The monoisotopic (exact) mass is 510 g/mol. The van der Waals surface area contributed by atoms with E-state index in [2.05, 4.69) is 60.7 Å². The summed E-state index contributed by atoms with van der Waals surface area (Å²) in [7, 11) is 1.79. The number of nitrogens with zero attached hydrogens (tertiary/aromatic N) is 2. The number of halogens is 1. The molecular weight excluding hydrogens is 475 g/mol. The van der Waals surface area contributed by atoms with Crippen molar-refractivity contribution < 1.29 is 0 Å². The van der Waals surface area contributed by atoms with Gasteiger partial charge in [-0.15, -0.1) is 24.0 Å². The lowest BCUT2D eigenvalue weighted by molar-refractivity contribution is 0.585. The molecule has 5 nitrogen and oxygen atoms in total. The minimum Gasteiger partial charge on any atom is -0.356 e. The lowest BCUT2D eigenvalue weighted by Gasteiger charge is -2.19. The molecule has 0 unspecified atom stereocenters. The van der Waals surface area contributed by atoms with Crippen LogP contribution in [0.4, 0.5) is 0 Å². The Hall–Kier alpha value is -1.83. The van der Waals surface area contributed by atoms with E-state index < -0.39 is 0 Å². The fourth-order valence-corrected chi connectivity index (χ4v) is 2.98. The molecule has 0 saturated carbocycles. The van der Waals surface area contributed by atoms with Crippen molar-refractivity contribution in [2.24, 2.45) is 4.99 Å². The van der Waals surface area contributed by atoms with Crippen LogP contribution in [0.1, 0.15) is 44.7 Å². The largest absolute Gasteiger partial charge is 0.356 e. The predicted octanol–water partition coefficient (Wildman–Crippen LogP) is 3.95. The second kappa shape index (κ2) is 12.7. The molecule has 0 radical (unpaired) electrons. The molecule has 0 fully saturated rings. The Bertz CT molecular complexity index is 807. The summed E-state index contributed by atoms with van der Waals surface area (Å²) in [6.45, 7) is 9.12. The SMILES string of the molecule is CN=C(NCCCCn1ccccc1=O)NCCc1ccc(C(C)(C)C)cc1.I. The van der Waals surface area contributed by atoms with Crippen molar-refractivity contribution in [1.82, 2.24) is 15.2 Å². The van der Waals surface area contributed by atoms with Crippen LogP contribution in [-0.2, 0) is 18.4 Å². The molecule has 2 aromatic rings. The first-order valence-electron chi connectivity index (χ1n) is 10.1. The molecule has 1 aromatic heterocycles. The Labute approximate surface area is 192 Å². The standard InChI is InChI=1S/C23H34N4O.HI/c1-23(2,3)20-12-10-19(11-13-20)14-16-26-22(24-4)25-15-6-8-18-27-17-7-5-9-21(27)28;/h5,7,9-13,17H,6,8,14-16,18H2,1-4H3,(H2,24,25,26);1H. The van der Waals surface area contributed by atoms with Gasteiger partial charge in [0, 0.05) is 38.9 Å². The molecular formula is C23H35IN4O. The Morgan fingerprint density at radius 3 is 2.31 bits per heavy atom. The Kier molecular flexibility index (Phi) is 11.0. The van der Waals surface area contributed by atoms with Gasteiger partial charge in [0.15, 0.2) is 5.96 Å². The number of hydrogen-bond acceptors (Lipinski definition) is 2. The number of rotatable bonds is 8. The van der Waals surface area contributed by atoms with E-state index in [4.69, 9.17) is 0 Å². The van der Waals surface area contributed by atoms with Crippen molar-refractivity contribution in [3.05, 3.63) is 70.1 Å². The number of aryl methyl sites for hydroxylation is 1. The smallest absolute Gasteiger partial charge is 0.250 e. The van der Waals surface area contributed by atoms with Crippen LogP contribution in [0, 0.1) is 0 Å². The zero-order chi connectivity index (χ0) is 20.4. The molecule has 1 heterocycles. The molecule has 0 amide bonds. The van der Waals surface area contributed by atoms with E-state index in [1.54, 1.807) is 23.7 Å². The molecule has 0 saturated heterocycles. The first-order valence-corrected chi connectivity index (χ1v) is 10.1. The maximum atomic E-state index is 11.7. The molecule has 0 spiro atoms. The maximum Gasteiger partial charge on any atom is 0.250 e. The molecule has 160 valence electrons. The zero-order valence-corrected chi connectivity index (χ0v) is 20.4. The summed E-state index contributed by atoms with van der Waals surface area (Å²) in [6.07, 6.45) is 4.73. The minimum absolute atomic E-state index is 0. The highest BCUT2D eigenvalue weighted by Crippen LogP contribution is 2.22. The van der Waals surface area contributed by atoms with Gasteiger partial charge in [0.2, 0.25) is 5.56 Å². The summed E-state index contributed by atoms with van der Waals surface area (Å²) in [5.74, 6) is 0.822. The van der Waals surface area contributed by atoms with Crippen LogP contribution >= 0.6 is 24.0 Å². The molecule has 0 aliphatic rings. The number of benzene rings is 1. The van der Waals surface area contributed by atoms with Crippen LogP contribution in [-0.4, -0.2) is 30.7 Å². The van der Waals surface area contributed by atoms with Crippen molar-refractivity contribution in [2.45, 2.75) is 52.0 Å². The molecule has 1 aromatic carbocycles. The van der Waals surface area contributed by atoms with Crippen molar-refractivity contribution in [2.75, 3.05) is 20.1 Å². The lowest BCUT2D eigenvalue weighted by atomic mass is 9.86. The average Bonchev–Trinajstić information content (AvgIpc) is 2.67. The van der Waals surface area contributed by atoms with Crippen LogP contribution in [0.2, 0.25) is 0 Å². The van der Waals surface area contributed by atoms with Gasteiger partial charge in [-0.05, 0) is 41.9 Å². The highest BCUT2D eigenvalue weighted by Gasteiger charge is 2.12. The van der Waals surface area contributed by atoms with Gasteiger partial charge in [-0.25, -0.2) is 0 Å². The Morgan fingerprint density at radius 2 is 1.69 bits per heavy atom. The summed E-state index contributed by atoms with van der Waals surface area (Å²) in [6, 6.07) is 14.1. The van der Waals surface area contributed by atoms with Crippen LogP contribution in [0.5, 0.6) is 0 Å². The van der Waals surface area contributed by atoms with E-state index in [9.17, 15) is 4.79 Å². The molecule has 6 heteroatoms. The number of hydrogen-bond donors (Lipinski definition) is 2. The topological polar surface area (TPSA) is 58.4 Å². The minimum atomic E-state index is 0. The number of aliphatic imine (C=N–C) groups is 1. The number of guanidine groups is 1. The number of nitrogens with one attached hydrogen (secondary N) is 2. The Morgan fingerprint density at radius 1 is 1.00 bits per heavy atom. The second-order valence-corrected chi connectivity index (χ2v) is 8.06. The van der Waals surface area contributed by atoms with Crippen molar-refractivity contribution in [1.29, 1.82) is 0 Å². The van der Waals surface area contributed by atoms with E-state index in [0.29, 0.717) is 0 Å². The second-order valence-electron chi connectivity index (χ2n) is 8.06. The molecule has 0 atom stereocenters. The molecule has 0 bridgehead atoms. The third-order valence-electron chi connectivity index (χ3n) is 4.77. The van der Waals surface area contributed by atoms with Crippen molar-refractivity contribution in [3.8, 4) is 0 Å². The van der Waals surface area contributed by atoms with Crippen LogP contribution in [0.15, 0.2) is 58.4 Å². The maximum absolute atomic E-state index is 11.7. The quantitative estimate of drug-likeness (QED) is 0.245. The van der Waals surface area contributed by atoms with Gasteiger partial charge >= 0.3 is 0 Å². The fraction of sp³-hybridized carbons (Fsp3) is 0.478. The van der Waals surface area contributed by atoms with Gasteiger partial charge in [0.05, 0.1) is 0 Å². The van der Waals surface area contributed by atoms with E-state index >= 15 is 0 Å². The summed E-state index contributed by atoms with van der Waals surface area (Å²) in [5, 5.41) is 6.70. The zero-order valence-electron chi connectivity index (χ0n) is 18.1. The van der Waals surface area contributed by atoms with Crippen molar-refractivity contribution >= 4 is 29.9 Å². The first-order chi connectivity index (χ1) is 13.4. The molecule has 29 heavy (non-hydrogen) atoms. The molecule has 2 N–H and O–H groups in total. The molecule has 0 aliphatic heterocycles. The van der Waals surface area contributed by atoms with E-state index in [-0.39, 0.29) is 35.0 Å². The van der Waals surface area contributed by atoms with Gasteiger partial charge in [0.25, 0.3) is 0 Å². The number of pyridine rings is 1. The molecule has 0 aliphatic carbocycles. The Balaban J connectivity index is 0.00000420. The van der Waals surface area contributed by atoms with Gasteiger partial charge < -0.3 is 15.2 Å². The third-order valence-corrected chi connectivity index (χ3v) is 4.77. The fourth-order valence-electron chi connectivity index (χ4n) is 2.98. The number of aromatic nitrogens is 1. The van der Waals surface area contributed by atoms with Crippen molar-refractivity contribution in [3.63, 3.8) is 0 Å².